The molecule has 1 saturated carbocycles. The number of carbonyl (C=O) groups is 1. The van der Waals surface area contributed by atoms with Crippen LogP contribution in [0.3, 0.4) is 0 Å². The van der Waals surface area contributed by atoms with Crippen LogP contribution < -0.4 is 5.32 Å². The Hall–Kier alpha value is -1.32. The summed E-state index contributed by atoms with van der Waals surface area (Å²) in [5, 5.41) is 2.89. The summed E-state index contributed by atoms with van der Waals surface area (Å²) in [6.45, 7) is 1.90. The van der Waals surface area contributed by atoms with Gasteiger partial charge < -0.3 is 9.88 Å². The molecule has 88 valence electrons. The van der Waals surface area contributed by atoms with Crippen molar-refractivity contribution in [3.05, 3.63) is 23.5 Å². The molecule has 0 aliphatic heterocycles. The van der Waals surface area contributed by atoms with Crippen molar-refractivity contribution >= 4 is 5.91 Å². The normalized spacial score (nSPS) is 24.7. The van der Waals surface area contributed by atoms with Gasteiger partial charge in [0.05, 0.1) is 0 Å². The fourth-order valence-electron chi connectivity index (χ4n) is 2.31. The summed E-state index contributed by atoms with van der Waals surface area (Å²) in [7, 11) is 1.84. The summed E-state index contributed by atoms with van der Waals surface area (Å²) >= 11 is 0. The summed E-state index contributed by atoms with van der Waals surface area (Å²) in [5.74, 6) is -0.0934. The van der Waals surface area contributed by atoms with Gasteiger partial charge in [0.2, 0.25) is 0 Å². The first-order valence-electron chi connectivity index (χ1n) is 5.65. The van der Waals surface area contributed by atoms with Gasteiger partial charge >= 0.3 is 0 Å². The van der Waals surface area contributed by atoms with E-state index in [-0.39, 0.29) is 11.9 Å². The number of carbonyl (C=O) groups excluding carboxylic acids is 1. The second kappa shape index (κ2) is 4.28. The SMILES string of the molecule is Cc1ccn(C)c1C(=O)N[C@H]1CC[C@@H](F)C1. The minimum Gasteiger partial charge on any atom is -0.348 e. The highest BCUT2D eigenvalue weighted by Gasteiger charge is 2.26. The zero-order valence-electron chi connectivity index (χ0n) is 9.66. The van der Waals surface area contributed by atoms with E-state index in [2.05, 4.69) is 5.32 Å². The van der Waals surface area contributed by atoms with E-state index in [0.717, 1.165) is 12.0 Å². The minimum atomic E-state index is -0.750. The maximum atomic E-state index is 13.0. The van der Waals surface area contributed by atoms with Crippen LogP contribution in [0.25, 0.3) is 0 Å². The van der Waals surface area contributed by atoms with Crippen molar-refractivity contribution < 1.29 is 9.18 Å². The second-order valence-electron chi connectivity index (χ2n) is 4.54. The summed E-state index contributed by atoms with van der Waals surface area (Å²) in [5.41, 5.74) is 1.62. The summed E-state index contributed by atoms with van der Waals surface area (Å²) in [6.07, 6.45) is 2.87. The molecule has 2 atom stereocenters. The van der Waals surface area contributed by atoms with Crippen LogP contribution in [0.2, 0.25) is 0 Å². The molecular formula is C12H17FN2O. The van der Waals surface area contributed by atoms with Gasteiger partial charge in [-0.2, -0.15) is 0 Å². The quantitative estimate of drug-likeness (QED) is 0.818. The van der Waals surface area contributed by atoms with Crippen molar-refractivity contribution in [1.82, 2.24) is 9.88 Å². The lowest BCUT2D eigenvalue weighted by Crippen LogP contribution is -2.34. The van der Waals surface area contributed by atoms with E-state index in [1.54, 1.807) is 4.57 Å². The van der Waals surface area contributed by atoms with Crippen molar-refractivity contribution in [2.45, 2.75) is 38.4 Å². The van der Waals surface area contributed by atoms with Gasteiger partial charge in [0.25, 0.3) is 5.91 Å². The maximum absolute atomic E-state index is 13.0. The Kier molecular flexibility index (Phi) is 2.99. The average molecular weight is 224 g/mol. The fraction of sp³-hybridized carbons (Fsp3) is 0.583. The van der Waals surface area contributed by atoms with Crippen LogP contribution >= 0.6 is 0 Å². The van der Waals surface area contributed by atoms with E-state index in [1.165, 1.54) is 0 Å². The van der Waals surface area contributed by atoms with Gasteiger partial charge in [-0.15, -0.1) is 0 Å². The Morgan fingerprint density at radius 1 is 1.56 bits per heavy atom. The predicted octanol–water partition coefficient (Wildman–Crippen LogP) is 1.95. The molecule has 1 amide bonds. The molecule has 1 heterocycles. The van der Waals surface area contributed by atoms with Crippen molar-refractivity contribution in [2.75, 3.05) is 0 Å². The van der Waals surface area contributed by atoms with Crippen LogP contribution in [0.5, 0.6) is 0 Å². The van der Waals surface area contributed by atoms with Crippen molar-refractivity contribution in [3.63, 3.8) is 0 Å². The van der Waals surface area contributed by atoms with Crippen LogP contribution in [0.15, 0.2) is 12.3 Å². The highest BCUT2D eigenvalue weighted by molar-refractivity contribution is 5.94. The number of nitrogens with zero attached hydrogens (tertiary/aromatic N) is 1. The lowest BCUT2D eigenvalue weighted by molar-refractivity contribution is 0.0928. The maximum Gasteiger partial charge on any atom is 0.268 e. The minimum absolute atomic E-state index is 0.00296. The van der Waals surface area contributed by atoms with Crippen LogP contribution in [-0.2, 0) is 7.05 Å². The molecule has 1 N–H and O–H groups in total. The molecule has 0 bridgehead atoms. The number of aryl methyl sites for hydroxylation is 2. The number of aromatic nitrogens is 1. The van der Waals surface area contributed by atoms with E-state index in [0.29, 0.717) is 18.5 Å². The molecule has 0 aromatic carbocycles. The third kappa shape index (κ3) is 2.10. The smallest absolute Gasteiger partial charge is 0.268 e. The molecule has 1 aromatic rings. The van der Waals surface area contributed by atoms with Gasteiger partial charge in [-0.25, -0.2) is 4.39 Å². The monoisotopic (exact) mass is 224 g/mol. The molecule has 1 aromatic heterocycles. The van der Waals surface area contributed by atoms with E-state index in [4.69, 9.17) is 0 Å². The van der Waals surface area contributed by atoms with Gasteiger partial charge in [-0.1, -0.05) is 0 Å². The molecule has 4 heteroatoms. The molecule has 16 heavy (non-hydrogen) atoms. The van der Waals surface area contributed by atoms with Crippen LogP contribution in [0.4, 0.5) is 4.39 Å². The number of rotatable bonds is 2. The van der Waals surface area contributed by atoms with E-state index < -0.39 is 6.17 Å². The van der Waals surface area contributed by atoms with E-state index >= 15 is 0 Å². The first kappa shape index (κ1) is 11.2. The number of hydrogen-bond donors (Lipinski definition) is 1. The molecule has 0 saturated heterocycles. The third-order valence-electron chi connectivity index (χ3n) is 3.19. The Balaban J connectivity index is 2.03. The average Bonchev–Trinajstić information content (AvgIpc) is 2.74. The highest BCUT2D eigenvalue weighted by Crippen LogP contribution is 2.22. The largest absolute Gasteiger partial charge is 0.348 e. The summed E-state index contributed by atoms with van der Waals surface area (Å²) in [6, 6.07) is 1.90. The standard InChI is InChI=1S/C12H17FN2O/c1-8-5-6-15(2)11(8)12(16)14-10-4-3-9(13)7-10/h5-6,9-10H,3-4,7H2,1-2H3,(H,14,16)/t9-,10+/m1/s1. The second-order valence-corrected chi connectivity index (χ2v) is 4.54. The molecule has 0 unspecified atom stereocenters. The van der Waals surface area contributed by atoms with Gasteiger partial charge in [-0.3, -0.25) is 4.79 Å². The van der Waals surface area contributed by atoms with Crippen molar-refractivity contribution in [2.24, 2.45) is 7.05 Å². The summed E-state index contributed by atoms with van der Waals surface area (Å²) < 4.78 is 14.8. The number of halogens is 1. The van der Waals surface area contributed by atoms with Gasteiger partial charge in [0.15, 0.2) is 0 Å². The molecule has 2 rings (SSSR count). The zero-order valence-corrected chi connectivity index (χ0v) is 9.66. The Labute approximate surface area is 94.6 Å². The number of nitrogens with one attached hydrogen (secondary N) is 1. The molecule has 1 fully saturated rings. The van der Waals surface area contributed by atoms with Crippen LogP contribution in [0, 0.1) is 6.92 Å². The highest BCUT2D eigenvalue weighted by atomic mass is 19.1. The molecule has 3 nitrogen and oxygen atoms in total. The fourth-order valence-corrected chi connectivity index (χ4v) is 2.31. The Morgan fingerprint density at radius 3 is 2.81 bits per heavy atom. The lowest BCUT2D eigenvalue weighted by atomic mass is 10.2. The van der Waals surface area contributed by atoms with Gasteiger partial charge in [0.1, 0.15) is 11.9 Å². The van der Waals surface area contributed by atoms with Crippen molar-refractivity contribution in [1.29, 1.82) is 0 Å². The molecule has 1 aliphatic rings. The first-order chi connectivity index (χ1) is 7.58. The van der Waals surface area contributed by atoms with E-state index in [1.807, 2.05) is 26.2 Å². The lowest BCUT2D eigenvalue weighted by Gasteiger charge is -2.13. The number of alkyl halides is 1. The first-order valence-corrected chi connectivity index (χ1v) is 5.65. The predicted molar refractivity (Wildman–Crippen MR) is 60.2 cm³/mol. The molecule has 0 radical (unpaired) electrons. The third-order valence-corrected chi connectivity index (χ3v) is 3.19. The Bertz CT molecular complexity index is 380. The Morgan fingerprint density at radius 2 is 2.31 bits per heavy atom. The van der Waals surface area contributed by atoms with Gasteiger partial charge in [0, 0.05) is 19.3 Å². The number of amides is 1. The topological polar surface area (TPSA) is 34.0 Å². The van der Waals surface area contributed by atoms with Crippen LogP contribution in [0.1, 0.15) is 35.3 Å². The van der Waals surface area contributed by atoms with E-state index in [9.17, 15) is 9.18 Å². The zero-order chi connectivity index (χ0) is 11.7. The van der Waals surface area contributed by atoms with Crippen molar-refractivity contribution in [3.8, 4) is 0 Å². The number of hydrogen-bond acceptors (Lipinski definition) is 1. The molecular weight excluding hydrogens is 207 g/mol. The van der Waals surface area contributed by atoms with Crippen LogP contribution in [-0.4, -0.2) is 22.7 Å². The summed E-state index contributed by atoms with van der Waals surface area (Å²) in [4.78, 5) is 12.0. The molecule has 0 spiro atoms. The molecule has 1 aliphatic carbocycles. The van der Waals surface area contributed by atoms with Gasteiger partial charge in [-0.05, 0) is 37.8 Å².